The molecular weight excluding hydrogens is 226 g/mol. The fraction of sp³-hybridized carbons (Fsp3) is 0.667. The Hall–Kier alpha value is -0.930. The summed E-state index contributed by atoms with van der Waals surface area (Å²) in [5.41, 5.74) is 1.71. The Morgan fingerprint density at radius 1 is 1.44 bits per heavy atom. The molecule has 3 rings (SSSR count). The predicted octanol–water partition coefficient (Wildman–Crippen LogP) is 2.29. The van der Waals surface area contributed by atoms with E-state index in [0.29, 0.717) is 12.5 Å². The number of ether oxygens (including phenoxy) is 1. The molecule has 1 saturated carbocycles. The Morgan fingerprint density at radius 3 is 3.00 bits per heavy atom. The summed E-state index contributed by atoms with van der Waals surface area (Å²) in [6, 6.07) is 4.14. The molecule has 0 bridgehead atoms. The molecule has 2 unspecified atom stereocenters. The number of aromatic nitrogens is 1. The molecule has 2 aliphatic rings. The number of nitrogens with zero attached hydrogens (tertiary/aromatic N) is 1. The van der Waals surface area contributed by atoms with E-state index in [0.717, 1.165) is 37.8 Å². The van der Waals surface area contributed by atoms with Gasteiger partial charge in [-0.1, -0.05) is 6.07 Å². The number of pyridine rings is 1. The van der Waals surface area contributed by atoms with Gasteiger partial charge in [0.2, 0.25) is 0 Å². The highest BCUT2D eigenvalue weighted by atomic mass is 16.5. The quantitative estimate of drug-likeness (QED) is 0.887. The van der Waals surface area contributed by atoms with Crippen LogP contribution in [0.25, 0.3) is 0 Å². The van der Waals surface area contributed by atoms with E-state index in [-0.39, 0.29) is 5.92 Å². The van der Waals surface area contributed by atoms with Crippen molar-refractivity contribution < 1.29 is 9.84 Å². The highest BCUT2D eigenvalue weighted by molar-refractivity contribution is 5.29. The summed E-state index contributed by atoms with van der Waals surface area (Å²) in [7, 11) is 1.68. The van der Waals surface area contributed by atoms with Gasteiger partial charge in [0.25, 0.3) is 0 Å². The van der Waals surface area contributed by atoms with E-state index in [1.807, 2.05) is 12.3 Å². The fourth-order valence-electron chi connectivity index (χ4n) is 3.41. The molecule has 0 aromatic carbocycles. The van der Waals surface area contributed by atoms with Crippen LogP contribution in [0, 0.1) is 5.92 Å². The Balaban J connectivity index is 1.96. The van der Waals surface area contributed by atoms with Crippen molar-refractivity contribution in [3.05, 3.63) is 29.6 Å². The standard InChI is InChI=1S/C15H21NO2/c1-18-10-15(17,12-7-8-12)13-6-2-4-11-5-3-9-16-14(11)13/h3,5,9,12-13,17H,2,4,6-8,10H2,1H3. The number of aliphatic hydroxyl groups is 1. The van der Waals surface area contributed by atoms with E-state index >= 15 is 0 Å². The van der Waals surface area contributed by atoms with Crippen LogP contribution >= 0.6 is 0 Å². The number of fused-ring (bicyclic) bond motifs is 1. The van der Waals surface area contributed by atoms with Crippen molar-refractivity contribution >= 4 is 0 Å². The van der Waals surface area contributed by atoms with Gasteiger partial charge in [0, 0.05) is 24.9 Å². The zero-order chi connectivity index (χ0) is 12.6. The topological polar surface area (TPSA) is 42.4 Å². The summed E-state index contributed by atoms with van der Waals surface area (Å²) in [6.45, 7) is 0.429. The number of hydrogen-bond donors (Lipinski definition) is 1. The lowest BCUT2D eigenvalue weighted by Crippen LogP contribution is -2.44. The third-order valence-corrected chi connectivity index (χ3v) is 4.46. The second kappa shape index (κ2) is 4.63. The van der Waals surface area contributed by atoms with Gasteiger partial charge in [-0.3, -0.25) is 4.98 Å². The SMILES string of the molecule is COCC(O)(C1CC1)C1CCCc2cccnc21. The maximum atomic E-state index is 11.1. The van der Waals surface area contributed by atoms with Crippen LogP contribution in [0.1, 0.15) is 42.9 Å². The van der Waals surface area contributed by atoms with Gasteiger partial charge in [-0.05, 0) is 49.7 Å². The lowest BCUT2D eigenvalue weighted by atomic mass is 9.73. The molecule has 98 valence electrons. The van der Waals surface area contributed by atoms with E-state index in [1.165, 1.54) is 5.56 Å². The van der Waals surface area contributed by atoms with Crippen LogP contribution in [0.15, 0.2) is 18.3 Å². The molecule has 1 heterocycles. The first kappa shape index (κ1) is 12.1. The lowest BCUT2D eigenvalue weighted by Gasteiger charge is -2.38. The minimum Gasteiger partial charge on any atom is -0.386 e. The van der Waals surface area contributed by atoms with Crippen molar-refractivity contribution in [2.24, 2.45) is 5.92 Å². The van der Waals surface area contributed by atoms with Crippen LogP contribution in [0.5, 0.6) is 0 Å². The molecule has 1 fully saturated rings. The van der Waals surface area contributed by atoms with Gasteiger partial charge in [0.15, 0.2) is 0 Å². The Kier molecular flexibility index (Phi) is 3.12. The van der Waals surface area contributed by atoms with Crippen molar-refractivity contribution in [2.45, 2.75) is 43.6 Å². The molecule has 1 N–H and O–H groups in total. The van der Waals surface area contributed by atoms with E-state index in [9.17, 15) is 5.11 Å². The largest absolute Gasteiger partial charge is 0.386 e. The summed E-state index contributed by atoms with van der Waals surface area (Å²) < 4.78 is 5.30. The monoisotopic (exact) mass is 247 g/mol. The van der Waals surface area contributed by atoms with E-state index in [2.05, 4.69) is 11.1 Å². The smallest absolute Gasteiger partial charge is 0.0991 e. The molecule has 2 atom stereocenters. The Bertz CT molecular complexity index is 430. The summed E-state index contributed by atoms with van der Waals surface area (Å²) in [6.07, 6.45) is 7.35. The van der Waals surface area contributed by atoms with Crippen LogP contribution in [0.2, 0.25) is 0 Å². The highest BCUT2D eigenvalue weighted by Gasteiger charge is 2.51. The van der Waals surface area contributed by atoms with Crippen LogP contribution in [-0.2, 0) is 11.2 Å². The number of rotatable bonds is 4. The second-order valence-electron chi connectivity index (χ2n) is 5.69. The lowest BCUT2D eigenvalue weighted by molar-refractivity contribution is -0.0724. The summed E-state index contributed by atoms with van der Waals surface area (Å²) in [5, 5.41) is 11.1. The molecule has 1 aromatic rings. The maximum absolute atomic E-state index is 11.1. The molecule has 18 heavy (non-hydrogen) atoms. The van der Waals surface area contributed by atoms with Crippen molar-refractivity contribution in [3.63, 3.8) is 0 Å². The second-order valence-corrected chi connectivity index (χ2v) is 5.69. The summed E-state index contributed by atoms with van der Waals surface area (Å²) >= 11 is 0. The van der Waals surface area contributed by atoms with Crippen molar-refractivity contribution in [1.29, 1.82) is 0 Å². The van der Waals surface area contributed by atoms with Gasteiger partial charge in [0.1, 0.15) is 0 Å². The third-order valence-electron chi connectivity index (χ3n) is 4.46. The number of aryl methyl sites for hydroxylation is 1. The third kappa shape index (κ3) is 1.95. The first-order chi connectivity index (χ1) is 8.75. The molecule has 3 nitrogen and oxygen atoms in total. The first-order valence-corrected chi connectivity index (χ1v) is 6.91. The van der Waals surface area contributed by atoms with Gasteiger partial charge in [-0.25, -0.2) is 0 Å². The molecule has 3 heteroatoms. The zero-order valence-electron chi connectivity index (χ0n) is 10.9. The van der Waals surface area contributed by atoms with Crippen molar-refractivity contribution in [1.82, 2.24) is 4.98 Å². The van der Waals surface area contributed by atoms with Gasteiger partial charge < -0.3 is 9.84 Å². The highest BCUT2D eigenvalue weighted by Crippen LogP contribution is 2.50. The molecule has 2 aliphatic carbocycles. The first-order valence-electron chi connectivity index (χ1n) is 6.91. The Morgan fingerprint density at radius 2 is 2.28 bits per heavy atom. The molecule has 0 radical (unpaired) electrons. The van der Waals surface area contributed by atoms with Crippen LogP contribution in [-0.4, -0.2) is 29.4 Å². The van der Waals surface area contributed by atoms with Gasteiger partial charge in [-0.2, -0.15) is 0 Å². The van der Waals surface area contributed by atoms with Gasteiger partial charge in [-0.15, -0.1) is 0 Å². The molecule has 0 amide bonds. The molecular formula is C15H21NO2. The van der Waals surface area contributed by atoms with E-state index in [1.54, 1.807) is 7.11 Å². The summed E-state index contributed by atoms with van der Waals surface area (Å²) in [4.78, 5) is 4.54. The minimum atomic E-state index is -0.710. The average Bonchev–Trinajstić information content (AvgIpc) is 3.23. The van der Waals surface area contributed by atoms with Crippen LogP contribution in [0.3, 0.4) is 0 Å². The van der Waals surface area contributed by atoms with Gasteiger partial charge in [0.05, 0.1) is 12.2 Å². The van der Waals surface area contributed by atoms with Crippen LogP contribution < -0.4 is 0 Å². The summed E-state index contributed by atoms with van der Waals surface area (Å²) in [5.74, 6) is 0.547. The van der Waals surface area contributed by atoms with Gasteiger partial charge >= 0.3 is 0 Å². The average molecular weight is 247 g/mol. The molecule has 0 saturated heterocycles. The predicted molar refractivity (Wildman–Crippen MR) is 69.5 cm³/mol. The molecule has 0 spiro atoms. The number of methoxy groups -OCH3 is 1. The molecule has 0 aliphatic heterocycles. The van der Waals surface area contributed by atoms with Crippen molar-refractivity contribution in [2.75, 3.05) is 13.7 Å². The Labute approximate surface area is 108 Å². The maximum Gasteiger partial charge on any atom is 0.0991 e. The molecule has 1 aromatic heterocycles. The van der Waals surface area contributed by atoms with E-state index in [4.69, 9.17) is 4.74 Å². The normalized spacial score (nSPS) is 26.4. The van der Waals surface area contributed by atoms with E-state index < -0.39 is 5.60 Å². The number of hydrogen-bond acceptors (Lipinski definition) is 3. The van der Waals surface area contributed by atoms with Crippen molar-refractivity contribution in [3.8, 4) is 0 Å². The minimum absolute atomic E-state index is 0.148. The zero-order valence-corrected chi connectivity index (χ0v) is 10.9. The van der Waals surface area contributed by atoms with Crippen LogP contribution in [0.4, 0.5) is 0 Å². The fourth-order valence-corrected chi connectivity index (χ4v) is 3.41.